The van der Waals surface area contributed by atoms with Crippen LogP contribution in [0.4, 0.5) is 0 Å². The summed E-state index contributed by atoms with van der Waals surface area (Å²) in [4.78, 5) is 15.9. The van der Waals surface area contributed by atoms with Gasteiger partial charge < -0.3 is 23.9 Å². The summed E-state index contributed by atoms with van der Waals surface area (Å²) in [6, 6.07) is 24.5. The van der Waals surface area contributed by atoms with E-state index in [-0.39, 0.29) is 6.61 Å². The molecular formula is C29H26N2O6. The van der Waals surface area contributed by atoms with E-state index in [1.807, 2.05) is 60.7 Å². The van der Waals surface area contributed by atoms with Crippen LogP contribution in [0.1, 0.15) is 22.5 Å². The number of aliphatic carboxylic acids is 1. The van der Waals surface area contributed by atoms with Crippen molar-refractivity contribution in [3.05, 3.63) is 107 Å². The van der Waals surface area contributed by atoms with Crippen molar-refractivity contribution < 1.29 is 28.7 Å². The molecule has 1 aromatic heterocycles. The van der Waals surface area contributed by atoms with Crippen molar-refractivity contribution in [2.75, 3.05) is 13.7 Å². The van der Waals surface area contributed by atoms with Crippen molar-refractivity contribution in [3.8, 4) is 22.8 Å². The average molecular weight is 499 g/mol. The van der Waals surface area contributed by atoms with E-state index in [2.05, 4.69) is 10.3 Å². The molecule has 0 radical (unpaired) electrons. The molecule has 4 aromatic rings. The summed E-state index contributed by atoms with van der Waals surface area (Å²) in [5.41, 5.74) is 4.57. The number of ether oxygens (including phenoxy) is 2. The van der Waals surface area contributed by atoms with Crippen LogP contribution in [0.3, 0.4) is 0 Å². The van der Waals surface area contributed by atoms with E-state index in [4.69, 9.17) is 23.9 Å². The molecule has 0 atom stereocenters. The van der Waals surface area contributed by atoms with Crippen LogP contribution in [0.25, 0.3) is 17.3 Å². The lowest BCUT2D eigenvalue weighted by Crippen LogP contribution is -2.13. The van der Waals surface area contributed by atoms with Crippen molar-refractivity contribution in [1.82, 2.24) is 5.16 Å². The van der Waals surface area contributed by atoms with Gasteiger partial charge >= 0.3 is 5.97 Å². The molecule has 0 saturated heterocycles. The average Bonchev–Trinajstić information content (AvgIpc) is 3.36. The monoisotopic (exact) mass is 498 g/mol. The van der Waals surface area contributed by atoms with Crippen LogP contribution >= 0.6 is 0 Å². The van der Waals surface area contributed by atoms with Crippen LogP contribution < -0.4 is 9.47 Å². The Morgan fingerprint density at radius 2 is 1.76 bits per heavy atom. The highest BCUT2D eigenvalue weighted by atomic mass is 16.6. The van der Waals surface area contributed by atoms with E-state index in [1.165, 1.54) is 13.2 Å². The number of aromatic nitrogens is 1. The normalized spacial score (nSPS) is 11.5. The van der Waals surface area contributed by atoms with Gasteiger partial charge in [0, 0.05) is 23.3 Å². The number of carboxylic acid groups (broad SMARTS) is 1. The van der Waals surface area contributed by atoms with Crippen LogP contribution in [-0.4, -0.2) is 35.7 Å². The highest BCUT2D eigenvalue weighted by Crippen LogP contribution is 2.29. The van der Waals surface area contributed by atoms with Gasteiger partial charge in [0.1, 0.15) is 49.0 Å². The lowest BCUT2D eigenvalue weighted by atomic mass is 10.0. The number of oxime groups is 1. The number of aryl methyl sites for hydroxylation is 1. The number of hydrogen-bond acceptors (Lipinski definition) is 7. The molecule has 0 aliphatic heterocycles. The number of rotatable bonds is 11. The third kappa shape index (κ3) is 7.08. The standard InChI is InChI=1S/C29H26N2O6/c1-20-16-27(31-37-20)26-17-25(14-10-22(26)11-15-29(32)33)35-18-21-8-12-24(13-9-21)36-19-28(30-34-2)23-6-4-3-5-7-23/h3-17H,18-19H2,1-2H3,(H,32,33)/b15-11-,30-28+. The van der Waals surface area contributed by atoms with Crippen molar-refractivity contribution in [1.29, 1.82) is 0 Å². The molecular weight excluding hydrogens is 472 g/mol. The molecule has 188 valence electrons. The molecule has 37 heavy (non-hydrogen) atoms. The molecule has 1 heterocycles. The Morgan fingerprint density at radius 1 is 1.00 bits per heavy atom. The minimum Gasteiger partial charge on any atom is -0.489 e. The molecule has 0 aliphatic carbocycles. The number of carboxylic acids is 1. The SMILES string of the molecule is CO/N=C(\COc1ccc(COc2ccc(/C=C\C(=O)O)c(-c3cc(C)on3)c2)cc1)c1ccccc1. The third-order valence-electron chi connectivity index (χ3n) is 5.35. The van der Waals surface area contributed by atoms with Crippen LogP contribution in [0, 0.1) is 6.92 Å². The molecule has 8 nitrogen and oxygen atoms in total. The zero-order chi connectivity index (χ0) is 26.0. The van der Waals surface area contributed by atoms with Crippen LogP contribution in [0.15, 0.2) is 94.6 Å². The van der Waals surface area contributed by atoms with Gasteiger partial charge in [0.15, 0.2) is 0 Å². The number of nitrogens with zero attached hydrogens (tertiary/aromatic N) is 2. The third-order valence-corrected chi connectivity index (χ3v) is 5.35. The Balaban J connectivity index is 1.41. The highest BCUT2D eigenvalue weighted by molar-refractivity contribution is 6.01. The van der Waals surface area contributed by atoms with Gasteiger partial charge in [-0.05, 0) is 48.4 Å². The molecule has 0 amide bonds. The number of hydrogen-bond donors (Lipinski definition) is 1. The fourth-order valence-electron chi connectivity index (χ4n) is 3.55. The molecule has 1 N–H and O–H groups in total. The largest absolute Gasteiger partial charge is 0.489 e. The van der Waals surface area contributed by atoms with E-state index in [1.54, 1.807) is 25.1 Å². The lowest BCUT2D eigenvalue weighted by molar-refractivity contribution is -0.131. The predicted octanol–water partition coefficient (Wildman–Crippen LogP) is 5.76. The first-order valence-electron chi connectivity index (χ1n) is 11.5. The van der Waals surface area contributed by atoms with Crippen molar-refractivity contribution in [3.63, 3.8) is 0 Å². The van der Waals surface area contributed by atoms with Gasteiger partial charge in [0.25, 0.3) is 0 Å². The van der Waals surface area contributed by atoms with Gasteiger partial charge in [-0.25, -0.2) is 4.79 Å². The van der Waals surface area contributed by atoms with E-state index in [0.717, 1.165) is 17.2 Å². The first-order valence-corrected chi connectivity index (χ1v) is 11.5. The zero-order valence-electron chi connectivity index (χ0n) is 20.5. The summed E-state index contributed by atoms with van der Waals surface area (Å²) < 4.78 is 17.1. The Bertz CT molecular complexity index is 1390. The van der Waals surface area contributed by atoms with E-state index >= 15 is 0 Å². The van der Waals surface area contributed by atoms with E-state index in [0.29, 0.717) is 46.4 Å². The second-order valence-corrected chi connectivity index (χ2v) is 8.05. The highest BCUT2D eigenvalue weighted by Gasteiger charge is 2.11. The van der Waals surface area contributed by atoms with Crippen LogP contribution in [-0.2, 0) is 16.2 Å². The summed E-state index contributed by atoms with van der Waals surface area (Å²) in [6.07, 6.45) is 2.60. The van der Waals surface area contributed by atoms with Gasteiger partial charge in [-0.15, -0.1) is 0 Å². The molecule has 3 aromatic carbocycles. The fraction of sp³-hybridized carbons (Fsp3) is 0.138. The minimum atomic E-state index is -1.03. The first kappa shape index (κ1) is 25.2. The molecule has 0 fully saturated rings. The number of carbonyl (C=O) groups is 1. The predicted molar refractivity (Wildman–Crippen MR) is 140 cm³/mol. The Hall–Kier alpha value is -4.85. The minimum absolute atomic E-state index is 0.265. The second kappa shape index (κ2) is 12.2. The van der Waals surface area contributed by atoms with Gasteiger partial charge in [0.05, 0.1) is 0 Å². The Kier molecular flexibility index (Phi) is 8.33. The molecule has 4 rings (SSSR count). The molecule has 0 saturated carbocycles. The quantitative estimate of drug-likeness (QED) is 0.159. The maximum Gasteiger partial charge on any atom is 0.328 e. The summed E-state index contributed by atoms with van der Waals surface area (Å²) >= 11 is 0. The summed E-state index contributed by atoms with van der Waals surface area (Å²) in [6.45, 7) is 2.40. The van der Waals surface area contributed by atoms with Crippen LogP contribution in [0.5, 0.6) is 11.5 Å². The fourth-order valence-corrected chi connectivity index (χ4v) is 3.55. The van der Waals surface area contributed by atoms with Gasteiger partial charge in [-0.3, -0.25) is 0 Å². The molecule has 0 unspecified atom stereocenters. The summed E-state index contributed by atoms with van der Waals surface area (Å²) in [7, 11) is 1.51. The van der Waals surface area contributed by atoms with E-state index < -0.39 is 5.97 Å². The van der Waals surface area contributed by atoms with Gasteiger partial charge in [-0.1, -0.05) is 58.8 Å². The van der Waals surface area contributed by atoms with E-state index in [9.17, 15) is 4.79 Å². The smallest absolute Gasteiger partial charge is 0.328 e. The van der Waals surface area contributed by atoms with Crippen LogP contribution in [0.2, 0.25) is 0 Å². The Labute approximate surface area is 214 Å². The second-order valence-electron chi connectivity index (χ2n) is 8.05. The lowest BCUT2D eigenvalue weighted by Gasteiger charge is -2.11. The first-order chi connectivity index (χ1) is 18.0. The molecule has 0 spiro atoms. The zero-order valence-corrected chi connectivity index (χ0v) is 20.5. The molecule has 8 heteroatoms. The topological polar surface area (TPSA) is 103 Å². The Morgan fingerprint density at radius 3 is 2.43 bits per heavy atom. The van der Waals surface area contributed by atoms with Crippen molar-refractivity contribution >= 4 is 17.8 Å². The van der Waals surface area contributed by atoms with Crippen molar-refractivity contribution in [2.45, 2.75) is 13.5 Å². The molecule has 0 aliphatic rings. The van der Waals surface area contributed by atoms with Gasteiger partial charge in [0.2, 0.25) is 0 Å². The maximum absolute atomic E-state index is 11.0. The van der Waals surface area contributed by atoms with Crippen molar-refractivity contribution in [2.24, 2.45) is 5.16 Å². The maximum atomic E-state index is 11.0. The van der Waals surface area contributed by atoms with Gasteiger partial charge in [-0.2, -0.15) is 0 Å². The molecule has 0 bridgehead atoms. The summed E-state index contributed by atoms with van der Waals surface area (Å²) in [5, 5.41) is 17.1. The number of benzene rings is 3. The summed E-state index contributed by atoms with van der Waals surface area (Å²) in [5.74, 6) is 0.937.